The Hall–Kier alpha value is -1.10. The number of likely N-dealkylation sites (tertiary alicyclic amines) is 1. The van der Waals surface area contributed by atoms with Gasteiger partial charge in [-0.1, -0.05) is 12.1 Å². The Labute approximate surface area is 139 Å². The maximum atomic E-state index is 10.7. The summed E-state index contributed by atoms with van der Waals surface area (Å²) in [5.74, 6) is 1.14. The van der Waals surface area contributed by atoms with Gasteiger partial charge in [0.2, 0.25) is 0 Å². The molecule has 2 heterocycles. The van der Waals surface area contributed by atoms with E-state index in [0.717, 1.165) is 31.7 Å². The van der Waals surface area contributed by atoms with E-state index < -0.39 is 5.60 Å². The van der Waals surface area contributed by atoms with Crippen LogP contribution >= 0.6 is 0 Å². The molecule has 2 aliphatic heterocycles. The fourth-order valence-corrected chi connectivity index (χ4v) is 3.95. The molecule has 0 bridgehead atoms. The second-order valence-corrected chi connectivity index (χ2v) is 7.20. The monoisotopic (exact) mass is 319 g/mol. The maximum Gasteiger partial charge on any atom is 0.119 e. The average molecular weight is 319 g/mol. The van der Waals surface area contributed by atoms with E-state index in [-0.39, 0.29) is 5.92 Å². The summed E-state index contributed by atoms with van der Waals surface area (Å²) in [6.07, 6.45) is 3.08. The van der Waals surface area contributed by atoms with E-state index in [4.69, 9.17) is 9.47 Å². The van der Waals surface area contributed by atoms with Crippen LogP contribution in [0.4, 0.5) is 0 Å². The summed E-state index contributed by atoms with van der Waals surface area (Å²) in [6, 6.07) is 8.59. The van der Waals surface area contributed by atoms with Gasteiger partial charge in [0.15, 0.2) is 0 Å². The van der Waals surface area contributed by atoms with Crippen LogP contribution in [0.25, 0.3) is 0 Å². The van der Waals surface area contributed by atoms with Crippen LogP contribution in [0.1, 0.15) is 31.7 Å². The van der Waals surface area contributed by atoms with Crippen LogP contribution in [0.5, 0.6) is 5.75 Å². The predicted molar refractivity (Wildman–Crippen MR) is 90.8 cm³/mol. The lowest BCUT2D eigenvalue weighted by atomic mass is 9.79. The lowest BCUT2D eigenvalue weighted by molar-refractivity contribution is -0.123. The van der Waals surface area contributed by atoms with Crippen molar-refractivity contribution in [2.45, 2.75) is 44.8 Å². The van der Waals surface area contributed by atoms with Gasteiger partial charge in [0.25, 0.3) is 0 Å². The Morgan fingerprint density at radius 1 is 1.43 bits per heavy atom. The summed E-state index contributed by atoms with van der Waals surface area (Å²) in [5.41, 5.74) is 0.611. The van der Waals surface area contributed by atoms with Gasteiger partial charge in [-0.2, -0.15) is 0 Å². The van der Waals surface area contributed by atoms with E-state index in [0.29, 0.717) is 25.9 Å². The average Bonchev–Trinajstić information content (AvgIpc) is 2.95. The van der Waals surface area contributed by atoms with E-state index in [9.17, 15) is 5.11 Å². The molecular formula is C19H29NO3. The molecule has 2 fully saturated rings. The van der Waals surface area contributed by atoms with Crippen molar-refractivity contribution in [3.05, 3.63) is 29.8 Å². The Morgan fingerprint density at radius 3 is 3.09 bits per heavy atom. The molecule has 0 unspecified atom stereocenters. The number of benzene rings is 1. The third kappa shape index (κ3) is 4.06. The normalized spacial score (nSPS) is 32.1. The summed E-state index contributed by atoms with van der Waals surface area (Å²) in [5, 5.41) is 10.7. The van der Waals surface area contributed by atoms with Crippen LogP contribution in [-0.4, -0.2) is 54.6 Å². The maximum absolute atomic E-state index is 10.7. The highest BCUT2D eigenvalue weighted by Crippen LogP contribution is 2.35. The van der Waals surface area contributed by atoms with Gasteiger partial charge >= 0.3 is 0 Å². The summed E-state index contributed by atoms with van der Waals surface area (Å²) >= 11 is 0. The molecule has 1 N–H and O–H groups in total. The van der Waals surface area contributed by atoms with Crippen LogP contribution in [0.15, 0.2) is 24.3 Å². The van der Waals surface area contributed by atoms with Crippen molar-refractivity contribution in [3.8, 4) is 5.75 Å². The summed E-state index contributed by atoms with van der Waals surface area (Å²) in [4.78, 5) is 2.48. The minimum absolute atomic E-state index is 0.206. The van der Waals surface area contributed by atoms with Gasteiger partial charge in [-0.25, -0.2) is 0 Å². The largest absolute Gasteiger partial charge is 0.492 e. The first-order chi connectivity index (χ1) is 11.1. The highest BCUT2D eigenvalue weighted by atomic mass is 16.5. The first kappa shape index (κ1) is 16.7. The van der Waals surface area contributed by atoms with Gasteiger partial charge in [0, 0.05) is 25.1 Å². The molecule has 0 saturated carbocycles. The number of aryl methyl sites for hydroxylation is 1. The molecule has 3 rings (SSSR count). The van der Waals surface area contributed by atoms with E-state index in [1.54, 1.807) is 0 Å². The van der Waals surface area contributed by atoms with Gasteiger partial charge < -0.3 is 14.6 Å². The summed E-state index contributed by atoms with van der Waals surface area (Å²) < 4.78 is 11.5. The molecule has 23 heavy (non-hydrogen) atoms. The molecule has 0 radical (unpaired) electrons. The number of ether oxygens (including phenoxy) is 2. The molecule has 0 spiro atoms. The van der Waals surface area contributed by atoms with E-state index in [1.165, 1.54) is 12.0 Å². The molecule has 1 aromatic rings. The van der Waals surface area contributed by atoms with Crippen LogP contribution in [0.2, 0.25) is 0 Å². The smallest absolute Gasteiger partial charge is 0.119 e. The molecule has 2 aliphatic rings. The standard InChI is InChI=1S/C19H29NO3/c1-15-5-3-6-16(13-15)23-12-10-20-9-4-7-18(20)17-14-22-11-8-19(17,2)21/h3,5-6,13,17-18,21H,4,7-12,14H2,1-2H3/t17-,18+,19-/m0/s1. The highest BCUT2D eigenvalue weighted by molar-refractivity contribution is 5.27. The van der Waals surface area contributed by atoms with Gasteiger partial charge in [-0.3, -0.25) is 4.90 Å². The third-order valence-corrected chi connectivity index (χ3v) is 5.36. The second-order valence-electron chi connectivity index (χ2n) is 7.20. The lowest BCUT2D eigenvalue weighted by Gasteiger charge is -2.43. The van der Waals surface area contributed by atoms with Crippen molar-refractivity contribution < 1.29 is 14.6 Å². The zero-order valence-corrected chi connectivity index (χ0v) is 14.3. The first-order valence-corrected chi connectivity index (χ1v) is 8.80. The van der Waals surface area contributed by atoms with Crippen LogP contribution in [0.3, 0.4) is 0 Å². The van der Waals surface area contributed by atoms with Crippen LogP contribution in [0, 0.1) is 12.8 Å². The molecule has 128 valence electrons. The molecule has 0 aliphatic carbocycles. The highest BCUT2D eigenvalue weighted by Gasteiger charge is 2.43. The molecule has 0 aromatic heterocycles. The van der Waals surface area contributed by atoms with Crippen LogP contribution < -0.4 is 4.74 Å². The zero-order valence-electron chi connectivity index (χ0n) is 14.3. The van der Waals surface area contributed by atoms with Gasteiger partial charge in [0.05, 0.1) is 12.2 Å². The Bertz CT molecular complexity index is 517. The Balaban J connectivity index is 1.54. The quantitative estimate of drug-likeness (QED) is 0.906. The minimum atomic E-state index is -0.608. The van der Waals surface area contributed by atoms with Gasteiger partial charge in [-0.05, 0) is 57.4 Å². The van der Waals surface area contributed by atoms with Crippen molar-refractivity contribution in [3.63, 3.8) is 0 Å². The fraction of sp³-hybridized carbons (Fsp3) is 0.684. The Kier molecular flexibility index (Phi) is 5.24. The zero-order chi connectivity index (χ0) is 16.3. The second kappa shape index (κ2) is 7.20. The lowest BCUT2D eigenvalue weighted by Crippen LogP contribution is -2.53. The molecule has 0 amide bonds. The summed E-state index contributed by atoms with van der Waals surface area (Å²) in [7, 11) is 0. The van der Waals surface area contributed by atoms with Crippen molar-refractivity contribution in [2.75, 3.05) is 32.9 Å². The van der Waals surface area contributed by atoms with Crippen molar-refractivity contribution in [2.24, 2.45) is 5.92 Å². The van der Waals surface area contributed by atoms with Crippen molar-refractivity contribution in [1.82, 2.24) is 4.90 Å². The van der Waals surface area contributed by atoms with Crippen molar-refractivity contribution >= 4 is 0 Å². The number of aliphatic hydroxyl groups is 1. The minimum Gasteiger partial charge on any atom is -0.492 e. The van der Waals surface area contributed by atoms with Crippen LogP contribution in [-0.2, 0) is 4.74 Å². The molecular weight excluding hydrogens is 290 g/mol. The SMILES string of the molecule is Cc1cccc(OCCN2CCC[C@@H]2[C@@H]2COCC[C@]2(C)O)c1. The Morgan fingerprint density at radius 2 is 2.30 bits per heavy atom. The first-order valence-electron chi connectivity index (χ1n) is 8.80. The molecule has 4 heteroatoms. The molecule has 3 atom stereocenters. The van der Waals surface area contributed by atoms with E-state index in [1.807, 2.05) is 19.1 Å². The fourth-order valence-electron chi connectivity index (χ4n) is 3.95. The molecule has 2 saturated heterocycles. The molecule has 1 aromatic carbocycles. The predicted octanol–water partition coefficient (Wildman–Crippen LogP) is 2.63. The van der Waals surface area contributed by atoms with Crippen molar-refractivity contribution in [1.29, 1.82) is 0 Å². The number of rotatable bonds is 5. The van der Waals surface area contributed by atoms with Gasteiger partial charge in [-0.15, -0.1) is 0 Å². The van der Waals surface area contributed by atoms with E-state index in [2.05, 4.69) is 24.0 Å². The van der Waals surface area contributed by atoms with E-state index >= 15 is 0 Å². The topological polar surface area (TPSA) is 41.9 Å². The third-order valence-electron chi connectivity index (χ3n) is 5.36. The molecule has 4 nitrogen and oxygen atoms in total. The van der Waals surface area contributed by atoms with Gasteiger partial charge in [0.1, 0.15) is 12.4 Å². The number of hydrogen-bond donors (Lipinski definition) is 1. The number of nitrogens with zero attached hydrogens (tertiary/aromatic N) is 1. The number of hydrogen-bond acceptors (Lipinski definition) is 4. The summed E-state index contributed by atoms with van der Waals surface area (Å²) in [6.45, 7) is 8.09.